The minimum absolute atomic E-state index is 0.314. The lowest BCUT2D eigenvalue weighted by Crippen LogP contribution is -2.20. The fraction of sp³-hybridized carbons (Fsp3) is 0.286. The molecular formula is C7H7F3N4O3. The highest BCUT2D eigenvalue weighted by Crippen LogP contribution is 2.31. The first-order chi connectivity index (χ1) is 7.74. The third-order valence-electron chi connectivity index (χ3n) is 1.69. The Kier molecular flexibility index (Phi) is 3.36. The van der Waals surface area contributed by atoms with Crippen LogP contribution in [0.25, 0.3) is 0 Å². The second-order valence-corrected chi connectivity index (χ2v) is 2.85. The molecule has 0 aromatic carbocycles. The van der Waals surface area contributed by atoms with Crippen LogP contribution in [-0.2, 0) is 6.54 Å². The van der Waals surface area contributed by atoms with Crippen molar-refractivity contribution < 1.29 is 22.8 Å². The summed E-state index contributed by atoms with van der Waals surface area (Å²) in [6.45, 7) is -0.395. The normalized spacial score (nSPS) is 11.3. The number of halogens is 3. The molecule has 4 N–H and O–H groups in total. The summed E-state index contributed by atoms with van der Waals surface area (Å²) in [7, 11) is 0. The van der Waals surface area contributed by atoms with Gasteiger partial charge < -0.3 is 16.2 Å². The summed E-state index contributed by atoms with van der Waals surface area (Å²) in [5.74, 6) is -1.36. The Labute approximate surface area is 92.3 Å². The van der Waals surface area contributed by atoms with Gasteiger partial charge in [-0.05, 0) is 0 Å². The van der Waals surface area contributed by atoms with Gasteiger partial charge in [0.2, 0.25) is 5.82 Å². The molecule has 0 radical (unpaired) electrons. The number of aromatic nitrogens is 1. The van der Waals surface area contributed by atoms with Crippen LogP contribution in [0.1, 0.15) is 5.69 Å². The average molecular weight is 252 g/mol. The average Bonchev–Trinajstić information content (AvgIpc) is 2.17. The zero-order valence-electron chi connectivity index (χ0n) is 8.19. The van der Waals surface area contributed by atoms with Crippen molar-refractivity contribution in [2.24, 2.45) is 5.73 Å². The fourth-order valence-electron chi connectivity index (χ4n) is 1.04. The first-order valence-corrected chi connectivity index (χ1v) is 4.14. The molecule has 1 aromatic rings. The number of pyridine rings is 1. The molecule has 0 aliphatic carbocycles. The Bertz CT molecular complexity index is 449. The van der Waals surface area contributed by atoms with E-state index < -0.39 is 35.1 Å². The third kappa shape index (κ3) is 3.17. The van der Waals surface area contributed by atoms with Gasteiger partial charge in [0.15, 0.2) is 5.75 Å². The van der Waals surface area contributed by atoms with Crippen molar-refractivity contribution in [2.75, 3.05) is 5.73 Å². The number of nitrogen functional groups attached to an aromatic ring is 1. The minimum Gasteiger partial charge on any atom is -0.404 e. The molecule has 0 fully saturated rings. The smallest absolute Gasteiger partial charge is 0.404 e. The van der Waals surface area contributed by atoms with Gasteiger partial charge in [0.05, 0.1) is 16.7 Å². The number of anilines is 1. The summed E-state index contributed by atoms with van der Waals surface area (Å²) in [5.41, 5.74) is 9.22. The second-order valence-electron chi connectivity index (χ2n) is 2.85. The number of alkyl halides is 3. The highest BCUT2D eigenvalue weighted by Gasteiger charge is 2.33. The maximum atomic E-state index is 12.0. The van der Waals surface area contributed by atoms with E-state index in [0.29, 0.717) is 6.07 Å². The van der Waals surface area contributed by atoms with Gasteiger partial charge in [-0.1, -0.05) is 0 Å². The third-order valence-corrected chi connectivity index (χ3v) is 1.69. The van der Waals surface area contributed by atoms with Gasteiger partial charge in [-0.15, -0.1) is 13.2 Å². The number of hydrogen-bond donors (Lipinski definition) is 2. The Morgan fingerprint density at radius 2 is 2.12 bits per heavy atom. The van der Waals surface area contributed by atoms with E-state index in [0.717, 1.165) is 0 Å². The summed E-state index contributed by atoms with van der Waals surface area (Å²) in [6.07, 6.45) is -4.99. The SMILES string of the molecule is NCc1nc(N)c([N+](=O)[O-])cc1OC(F)(F)F. The molecule has 94 valence electrons. The Balaban J connectivity index is 3.26. The second kappa shape index (κ2) is 4.41. The Morgan fingerprint density at radius 1 is 1.53 bits per heavy atom. The standard InChI is InChI=1S/C7H7F3N4O3/c8-7(9,10)17-5-1-4(14(15)16)6(12)13-3(5)2-11/h1H,2,11H2,(H2,12,13). The molecule has 0 saturated carbocycles. The van der Waals surface area contributed by atoms with Crippen LogP contribution in [0.2, 0.25) is 0 Å². The number of hydrogen-bond acceptors (Lipinski definition) is 6. The highest BCUT2D eigenvalue weighted by atomic mass is 19.4. The molecule has 1 heterocycles. The molecule has 1 rings (SSSR count). The van der Waals surface area contributed by atoms with Gasteiger partial charge >= 0.3 is 12.0 Å². The molecule has 1 aromatic heterocycles. The molecule has 0 amide bonds. The van der Waals surface area contributed by atoms with Gasteiger partial charge in [0.1, 0.15) is 0 Å². The maximum absolute atomic E-state index is 12.0. The van der Waals surface area contributed by atoms with Crippen LogP contribution in [0, 0.1) is 10.1 Å². The van der Waals surface area contributed by atoms with Crippen LogP contribution in [0.5, 0.6) is 5.75 Å². The number of nitrogens with zero attached hydrogens (tertiary/aromatic N) is 2. The predicted octanol–water partition coefficient (Wildman–Crippen LogP) is 0.929. The van der Waals surface area contributed by atoms with E-state index in [1.807, 2.05) is 0 Å². The Morgan fingerprint density at radius 3 is 2.53 bits per heavy atom. The van der Waals surface area contributed by atoms with Gasteiger partial charge in [-0.2, -0.15) is 0 Å². The predicted molar refractivity (Wildman–Crippen MR) is 49.9 cm³/mol. The Hall–Kier alpha value is -2.10. The van der Waals surface area contributed by atoms with Crippen molar-refractivity contribution in [3.63, 3.8) is 0 Å². The first kappa shape index (κ1) is 13.0. The number of ether oxygens (including phenoxy) is 1. The molecule has 0 atom stereocenters. The summed E-state index contributed by atoms with van der Waals surface area (Å²) in [5, 5.41) is 10.5. The van der Waals surface area contributed by atoms with Gasteiger partial charge in [-0.25, -0.2) is 4.98 Å². The maximum Gasteiger partial charge on any atom is 0.573 e. The summed E-state index contributed by atoms with van der Waals surface area (Å²) < 4.78 is 39.6. The van der Waals surface area contributed by atoms with E-state index in [9.17, 15) is 23.3 Å². The molecule has 0 spiro atoms. The van der Waals surface area contributed by atoms with E-state index in [1.165, 1.54) is 0 Å². The van der Waals surface area contributed by atoms with Crippen LogP contribution in [0.4, 0.5) is 24.7 Å². The quantitative estimate of drug-likeness (QED) is 0.610. The van der Waals surface area contributed by atoms with Crippen LogP contribution < -0.4 is 16.2 Å². The van der Waals surface area contributed by atoms with Crippen molar-refractivity contribution in [1.29, 1.82) is 0 Å². The lowest BCUT2D eigenvalue weighted by atomic mass is 10.3. The molecule has 0 aliphatic rings. The van der Waals surface area contributed by atoms with E-state index in [2.05, 4.69) is 9.72 Å². The summed E-state index contributed by atoms with van der Waals surface area (Å²) >= 11 is 0. The van der Waals surface area contributed by atoms with Crippen molar-refractivity contribution in [2.45, 2.75) is 12.9 Å². The molecule has 0 bridgehead atoms. The van der Waals surface area contributed by atoms with Crippen LogP contribution >= 0.6 is 0 Å². The minimum atomic E-state index is -4.99. The number of nitro groups is 1. The van der Waals surface area contributed by atoms with Crippen molar-refractivity contribution in [1.82, 2.24) is 4.98 Å². The number of nitrogens with two attached hydrogens (primary N) is 2. The first-order valence-electron chi connectivity index (χ1n) is 4.14. The molecule has 10 heteroatoms. The summed E-state index contributed by atoms with van der Waals surface area (Å²) in [4.78, 5) is 12.9. The topological polar surface area (TPSA) is 117 Å². The van der Waals surface area contributed by atoms with Crippen molar-refractivity contribution in [3.8, 4) is 5.75 Å². The van der Waals surface area contributed by atoms with E-state index >= 15 is 0 Å². The molecule has 0 saturated heterocycles. The summed E-state index contributed by atoms with van der Waals surface area (Å²) in [6, 6.07) is 0.540. The largest absolute Gasteiger partial charge is 0.573 e. The van der Waals surface area contributed by atoms with E-state index in [1.54, 1.807) is 0 Å². The number of rotatable bonds is 3. The fourth-order valence-corrected chi connectivity index (χ4v) is 1.04. The van der Waals surface area contributed by atoms with Crippen LogP contribution in [0.3, 0.4) is 0 Å². The molecule has 0 aliphatic heterocycles. The van der Waals surface area contributed by atoms with Gasteiger partial charge in [-0.3, -0.25) is 10.1 Å². The molecule has 17 heavy (non-hydrogen) atoms. The molecule has 7 nitrogen and oxygen atoms in total. The zero-order valence-corrected chi connectivity index (χ0v) is 8.19. The van der Waals surface area contributed by atoms with E-state index in [4.69, 9.17) is 11.5 Å². The zero-order chi connectivity index (χ0) is 13.2. The van der Waals surface area contributed by atoms with Crippen molar-refractivity contribution >= 4 is 11.5 Å². The van der Waals surface area contributed by atoms with Crippen molar-refractivity contribution in [3.05, 3.63) is 21.9 Å². The highest BCUT2D eigenvalue weighted by molar-refractivity contribution is 5.56. The lowest BCUT2D eigenvalue weighted by Gasteiger charge is -2.12. The van der Waals surface area contributed by atoms with Gasteiger partial charge in [0.25, 0.3) is 0 Å². The monoisotopic (exact) mass is 252 g/mol. The van der Waals surface area contributed by atoms with Gasteiger partial charge in [0, 0.05) is 6.54 Å². The van der Waals surface area contributed by atoms with E-state index in [-0.39, 0.29) is 5.69 Å². The van der Waals surface area contributed by atoms with Crippen LogP contribution in [-0.4, -0.2) is 16.3 Å². The lowest BCUT2D eigenvalue weighted by molar-refractivity contribution is -0.384. The molecular weight excluding hydrogens is 245 g/mol. The molecule has 0 unspecified atom stereocenters. The van der Waals surface area contributed by atoms with Crippen LogP contribution in [0.15, 0.2) is 6.07 Å².